The molecule has 0 aromatic heterocycles. The van der Waals surface area contributed by atoms with E-state index < -0.39 is 137 Å². The summed E-state index contributed by atoms with van der Waals surface area (Å²) in [5.41, 5.74) is 1.36. The molecule has 10 atom stereocenters. The van der Waals surface area contributed by atoms with Crippen LogP contribution in [0.25, 0.3) is 0 Å². The van der Waals surface area contributed by atoms with Crippen LogP contribution in [0.4, 0.5) is 25.4 Å². The van der Waals surface area contributed by atoms with Crippen molar-refractivity contribution in [1.29, 1.82) is 0 Å². The fourth-order valence-corrected chi connectivity index (χ4v) is 12.5. The maximum atomic E-state index is 16.1. The maximum Gasteiger partial charge on any atom is 0.409 e. The van der Waals surface area contributed by atoms with Crippen LogP contribution >= 0.6 is 43.5 Å². The zero-order valence-corrected chi connectivity index (χ0v) is 56.9. The van der Waals surface area contributed by atoms with Gasteiger partial charge in [-0.15, -0.1) is 0 Å². The molecule has 24 nitrogen and oxygen atoms in total. The lowest BCUT2D eigenvalue weighted by Gasteiger charge is -2.42. The smallest absolute Gasteiger partial charge is 0.409 e. The minimum Gasteiger partial charge on any atom is -0.495 e. The van der Waals surface area contributed by atoms with Gasteiger partial charge >= 0.3 is 18.1 Å². The Labute approximate surface area is 546 Å². The summed E-state index contributed by atoms with van der Waals surface area (Å²) in [7, 11) is 5.60. The van der Waals surface area contributed by atoms with Crippen molar-refractivity contribution in [3.8, 4) is 5.75 Å². The maximum absolute atomic E-state index is 16.1. The molecule has 0 unspecified atom stereocenters. The summed E-state index contributed by atoms with van der Waals surface area (Å²) in [6.07, 6.45) is 2.10. The lowest BCUT2D eigenvalue weighted by molar-refractivity contribution is -0.158. The van der Waals surface area contributed by atoms with Crippen LogP contribution in [0.1, 0.15) is 123 Å². The lowest BCUT2D eigenvalue weighted by Crippen LogP contribution is -2.63. The summed E-state index contributed by atoms with van der Waals surface area (Å²) in [5.74, 6) is -6.31. The first kappa shape index (κ1) is 74.5. The number of epoxide rings is 1. The predicted molar refractivity (Wildman–Crippen MR) is 341 cm³/mol. The zero-order chi connectivity index (χ0) is 67.2. The van der Waals surface area contributed by atoms with Crippen LogP contribution < -0.4 is 42.0 Å². The Kier molecular flexibility index (Phi) is 26.8. The number of rotatable bonds is 26. The number of carbonyl (C=O) groups is 9. The number of esters is 1. The first-order valence-electron chi connectivity index (χ1n) is 29.6. The number of primary amides is 1. The number of hydrogen-bond donors (Lipinski definition) is 7. The van der Waals surface area contributed by atoms with E-state index in [-0.39, 0.29) is 70.6 Å². The van der Waals surface area contributed by atoms with Crippen LogP contribution in [0.5, 0.6) is 5.75 Å². The molecule has 0 aliphatic carbocycles. The summed E-state index contributed by atoms with van der Waals surface area (Å²) in [6.45, 7) is 13.7. The van der Waals surface area contributed by atoms with E-state index in [4.69, 9.17) is 45.8 Å². The highest BCUT2D eigenvalue weighted by molar-refractivity contribution is 9.10. The highest BCUT2D eigenvalue weighted by Crippen LogP contribution is 2.49. The molecule has 8 amide bonds. The Morgan fingerprint density at radius 1 is 1.04 bits per heavy atom. The normalized spacial score (nSPS) is 24.0. The SMILES string of the molecule is COc1cc2cc(c1Cl)N(C)C(=O)C[C@H](OC(=O)[C@H](C)N(C)C(=O)c1ccc(NC(=O)[C@H](CCCNC(N)=O)NC(=O)[C@@H](NC(=O)CCCCC(C)(C)OC(C=O)(CBr)CBr)C(C)C)c(F)c1)[C@]1(C)O[C@H]1[C@H](C)[C@@H]1C[C@@](O)(NC(=O)O1)[C@H](OC)/C=C/C=C(\C)C2. The summed E-state index contributed by atoms with van der Waals surface area (Å²) < 4.78 is 51.7. The Morgan fingerprint density at radius 3 is 2.34 bits per heavy atom. The number of ether oxygens (including phenoxy) is 6. The second kappa shape index (κ2) is 32.4. The van der Waals surface area contributed by atoms with Crippen LogP contribution in [-0.4, -0.2) is 175 Å². The number of urea groups is 1. The molecule has 0 spiro atoms. The largest absolute Gasteiger partial charge is 0.495 e. The molecule has 5 rings (SSSR count). The third kappa shape index (κ3) is 19.4. The first-order chi connectivity index (χ1) is 42.2. The number of anilines is 2. The number of carbonyl (C=O) groups excluding carboxylic acids is 9. The summed E-state index contributed by atoms with van der Waals surface area (Å²) >= 11 is 13.5. The molecule has 2 saturated heterocycles. The van der Waals surface area contributed by atoms with Crippen LogP contribution in [0, 0.1) is 17.7 Å². The van der Waals surface area contributed by atoms with Gasteiger partial charge in [-0.25, -0.2) is 18.8 Å². The number of nitrogens with zero attached hydrogens (tertiary/aromatic N) is 2. The average molecular weight is 1410 g/mol. The van der Waals surface area contributed by atoms with E-state index in [1.54, 1.807) is 52.0 Å². The molecule has 0 radical (unpaired) electrons. The van der Waals surface area contributed by atoms with Crippen molar-refractivity contribution >= 4 is 109 Å². The van der Waals surface area contributed by atoms with E-state index in [1.165, 1.54) is 46.2 Å². The minimum atomic E-state index is -1.94. The number of halogens is 4. The van der Waals surface area contributed by atoms with Crippen molar-refractivity contribution in [2.24, 2.45) is 17.6 Å². The lowest BCUT2D eigenvalue weighted by atomic mass is 9.83. The number of nitrogens with two attached hydrogens (primary N) is 1. The Bertz CT molecular complexity index is 3030. The number of hydrogen-bond acceptors (Lipinski definition) is 16. The number of likely N-dealkylation sites (N-methyl/N-ethyl adjacent to an activating group) is 1. The molecule has 498 valence electrons. The number of alkyl carbamates (subject to hydrolysis) is 1. The molecular weight excluding hydrogens is 1330 g/mol. The van der Waals surface area contributed by atoms with Gasteiger partial charge in [-0.05, 0) is 109 Å². The van der Waals surface area contributed by atoms with Crippen LogP contribution in [-0.2, 0) is 58.9 Å². The third-order valence-electron chi connectivity index (χ3n) is 16.4. The number of methoxy groups -OCH3 is 2. The molecule has 0 saturated carbocycles. The van der Waals surface area contributed by atoms with Crippen molar-refractivity contribution < 1.29 is 81.1 Å². The number of unbranched alkanes of at least 4 members (excludes halogenated alkanes) is 1. The van der Waals surface area contributed by atoms with Gasteiger partial charge in [0.2, 0.25) is 23.6 Å². The van der Waals surface area contributed by atoms with Gasteiger partial charge in [0.1, 0.15) is 64.2 Å². The fourth-order valence-electron chi connectivity index (χ4n) is 10.8. The molecule has 8 N–H and O–H groups in total. The standard InChI is InChI=1S/C62H86Br2ClFN8O16/c1-34(2)51(71-48(76)20-13-14-23-59(6,7)90-61(31-63,32-64)33-75)54(79)70-42(18-16-24-68-57(67)82)53(78)69-41-22-21-39(28-40(41)66)55(80)73(9)37(5)56(81)88-47-29-49(77)74(10)43-26-38(27-44(85-11)50(43)65)25-35(3)17-15-19-46(86-12)62(84)30-45(87-58(83)72-62)36(4)52-60(47,8)89-52/h15,17,19,21-22,26-28,33-34,36-37,42,45-47,51-52,84H,13-14,16,18,20,23-25,29-32H2,1-12H3,(H,69,78)(H,70,79)(H,71,76)(H,72,83)(H3,67,68,82)/b19-15+,35-17+/t36-,37+,42+,45+,46-,47+,51+,52+,60+,62+/m1/s1. The van der Waals surface area contributed by atoms with Crippen molar-refractivity contribution in [1.82, 2.24) is 26.2 Å². The number of nitrogens with one attached hydrogen (secondary N) is 5. The number of benzene rings is 2. The van der Waals surface area contributed by atoms with E-state index in [0.29, 0.717) is 25.7 Å². The quantitative estimate of drug-likeness (QED) is 0.0163. The molecule has 3 aliphatic heterocycles. The van der Waals surface area contributed by atoms with Gasteiger partial charge < -0.3 is 75.1 Å². The van der Waals surface area contributed by atoms with Gasteiger partial charge in [-0.3, -0.25) is 29.3 Å². The van der Waals surface area contributed by atoms with Crippen LogP contribution in [0.2, 0.25) is 5.02 Å². The molecule has 2 aromatic rings. The van der Waals surface area contributed by atoms with Crippen molar-refractivity contribution in [3.63, 3.8) is 0 Å². The summed E-state index contributed by atoms with van der Waals surface area (Å²) in [4.78, 5) is 123. The minimum absolute atomic E-state index is 0.0207. The van der Waals surface area contributed by atoms with Crippen molar-refractivity contribution in [2.75, 3.05) is 55.7 Å². The molecule has 28 heteroatoms. The number of aliphatic hydroxyl groups is 1. The topological polar surface area (TPSA) is 325 Å². The Hall–Kier alpha value is -6.23. The van der Waals surface area contributed by atoms with Gasteiger partial charge in [-0.1, -0.05) is 94.5 Å². The summed E-state index contributed by atoms with van der Waals surface area (Å²) in [5, 5.41) is 25.4. The second-order valence-electron chi connectivity index (χ2n) is 24.3. The number of amides is 8. The van der Waals surface area contributed by atoms with Crippen molar-refractivity contribution in [3.05, 3.63) is 76.1 Å². The molecule has 4 bridgehead atoms. The van der Waals surface area contributed by atoms with E-state index in [1.807, 2.05) is 26.8 Å². The van der Waals surface area contributed by atoms with Gasteiger partial charge in [0.05, 0.1) is 36.6 Å². The molecule has 3 aliphatic rings. The van der Waals surface area contributed by atoms with E-state index in [9.17, 15) is 48.3 Å². The second-order valence-corrected chi connectivity index (χ2v) is 25.8. The number of aldehydes is 1. The van der Waals surface area contributed by atoms with Gasteiger partial charge in [0.25, 0.3) is 5.91 Å². The molecule has 2 fully saturated rings. The third-order valence-corrected chi connectivity index (χ3v) is 18.7. The van der Waals surface area contributed by atoms with Crippen LogP contribution in [0.3, 0.4) is 0 Å². The average Bonchev–Trinajstić information content (AvgIpc) is 1.57. The number of allylic oxidation sites excluding steroid dienone is 3. The molecule has 3 heterocycles. The first-order valence-corrected chi connectivity index (χ1v) is 32.2. The zero-order valence-electron chi connectivity index (χ0n) is 52.9. The van der Waals surface area contributed by atoms with Gasteiger partial charge in [0.15, 0.2) is 12.0 Å². The highest BCUT2D eigenvalue weighted by Gasteiger charge is 2.64. The van der Waals surface area contributed by atoms with E-state index in [2.05, 4.69) is 58.4 Å². The van der Waals surface area contributed by atoms with Crippen molar-refractivity contribution in [2.45, 2.75) is 178 Å². The molecule has 90 heavy (non-hydrogen) atoms. The van der Waals surface area contributed by atoms with Gasteiger partial charge in [0, 0.05) is 62.7 Å². The molecule has 2 aromatic carbocycles. The highest BCUT2D eigenvalue weighted by atomic mass is 79.9. The fraction of sp³-hybridized carbons (Fsp3) is 0.597. The Balaban J connectivity index is 1.32. The monoisotopic (exact) mass is 1410 g/mol. The predicted octanol–water partition coefficient (Wildman–Crippen LogP) is 7.06. The Morgan fingerprint density at radius 2 is 1.73 bits per heavy atom. The number of alkyl halides is 2. The summed E-state index contributed by atoms with van der Waals surface area (Å²) in [6, 6.07) is 2.01. The van der Waals surface area contributed by atoms with E-state index >= 15 is 4.39 Å². The molecular formula is C62H86Br2ClFN8O16. The number of fused-ring (bicyclic) bond motifs is 5. The van der Waals surface area contributed by atoms with E-state index in [0.717, 1.165) is 34.5 Å². The van der Waals surface area contributed by atoms with Gasteiger partial charge in [-0.2, -0.15) is 0 Å². The van der Waals surface area contributed by atoms with Crippen LogP contribution in [0.15, 0.2) is 54.1 Å².